The van der Waals surface area contributed by atoms with E-state index in [2.05, 4.69) is 14.7 Å². The van der Waals surface area contributed by atoms with Gasteiger partial charge in [-0.25, -0.2) is 37.6 Å². The van der Waals surface area contributed by atoms with Gasteiger partial charge in [0, 0.05) is 56.6 Å². The van der Waals surface area contributed by atoms with Crippen molar-refractivity contribution in [2.24, 2.45) is 0 Å². The third kappa shape index (κ3) is 5.31. The SMILES string of the molecule is CCS(=O)(=O)NC(=O)c1cc(-c2cnc(N(C)C)nc2)c2c(C3CN(C(=O)OC)C3)nn(C3CCCCC3)c2n1. The zero-order valence-corrected chi connectivity index (χ0v) is 23.9. The number of hydrogen-bond acceptors (Lipinski definition) is 10. The Bertz CT molecular complexity index is 1520. The van der Waals surface area contributed by atoms with Crippen molar-refractivity contribution in [2.45, 2.75) is 51.0 Å². The van der Waals surface area contributed by atoms with Crippen LogP contribution < -0.4 is 9.62 Å². The van der Waals surface area contributed by atoms with Gasteiger partial charge in [0.15, 0.2) is 5.65 Å². The fraction of sp³-hybridized carbons (Fsp3) is 0.538. The monoisotopic (exact) mass is 570 g/mol. The number of ether oxygens (including phenoxy) is 1. The number of rotatable bonds is 7. The second-order valence-corrected chi connectivity index (χ2v) is 12.5. The molecule has 3 aromatic rings. The van der Waals surface area contributed by atoms with Crippen LogP contribution in [0.1, 0.15) is 67.2 Å². The molecule has 2 aliphatic rings. The fourth-order valence-electron chi connectivity index (χ4n) is 5.26. The number of anilines is 1. The second-order valence-electron chi connectivity index (χ2n) is 10.4. The summed E-state index contributed by atoms with van der Waals surface area (Å²) >= 11 is 0. The van der Waals surface area contributed by atoms with Crippen LogP contribution in [0.4, 0.5) is 10.7 Å². The van der Waals surface area contributed by atoms with Crippen molar-refractivity contribution < 1.29 is 22.7 Å². The highest BCUT2D eigenvalue weighted by molar-refractivity contribution is 7.90. The summed E-state index contributed by atoms with van der Waals surface area (Å²) < 4.78 is 33.3. The van der Waals surface area contributed by atoms with Crippen LogP contribution in [0, 0.1) is 0 Å². The van der Waals surface area contributed by atoms with Gasteiger partial charge in [-0.05, 0) is 25.8 Å². The van der Waals surface area contributed by atoms with Gasteiger partial charge in [-0.2, -0.15) is 5.10 Å². The van der Waals surface area contributed by atoms with Crippen molar-refractivity contribution in [2.75, 3.05) is 44.9 Å². The molecule has 40 heavy (non-hydrogen) atoms. The Morgan fingerprint density at radius 1 is 1.12 bits per heavy atom. The molecule has 214 valence electrons. The molecule has 0 bridgehead atoms. The first-order valence-corrected chi connectivity index (χ1v) is 15.1. The van der Waals surface area contributed by atoms with E-state index in [4.69, 9.17) is 14.8 Å². The topological polar surface area (TPSA) is 153 Å². The molecule has 2 amide bonds. The smallest absolute Gasteiger partial charge is 0.409 e. The van der Waals surface area contributed by atoms with Crippen LogP contribution in [0.2, 0.25) is 0 Å². The van der Waals surface area contributed by atoms with Gasteiger partial charge in [0.1, 0.15) is 5.69 Å². The summed E-state index contributed by atoms with van der Waals surface area (Å²) in [6.45, 7) is 2.34. The van der Waals surface area contributed by atoms with Crippen LogP contribution in [-0.4, -0.2) is 90.1 Å². The van der Waals surface area contributed by atoms with Gasteiger partial charge in [0.2, 0.25) is 16.0 Å². The highest BCUT2D eigenvalue weighted by Crippen LogP contribution is 2.40. The van der Waals surface area contributed by atoms with Crippen LogP contribution in [-0.2, 0) is 14.8 Å². The molecule has 4 heterocycles. The summed E-state index contributed by atoms with van der Waals surface area (Å²) in [6, 6.07) is 1.66. The van der Waals surface area contributed by atoms with Crippen molar-refractivity contribution >= 4 is 39.0 Å². The molecule has 0 radical (unpaired) electrons. The number of nitrogens with one attached hydrogen (secondary N) is 1. The minimum absolute atomic E-state index is 0.0375. The number of nitrogens with zero attached hydrogens (tertiary/aromatic N) is 7. The fourth-order valence-corrected chi connectivity index (χ4v) is 5.79. The number of amides is 2. The molecule has 1 N–H and O–H groups in total. The quantitative estimate of drug-likeness (QED) is 0.449. The number of methoxy groups -OCH3 is 1. The molecule has 1 saturated heterocycles. The summed E-state index contributed by atoms with van der Waals surface area (Å²) in [5.74, 6) is -0.591. The van der Waals surface area contributed by atoms with Crippen molar-refractivity contribution in [3.05, 3.63) is 29.8 Å². The van der Waals surface area contributed by atoms with Crippen LogP contribution in [0.5, 0.6) is 0 Å². The first-order valence-electron chi connectivity index (χ1n) is 13.4. The van der Waals surface area contributed by atoms with Gasteiger partial charge in [-0.1, -0.05) is 19.3 Å². The molecule has 2 fully saturated rings. The summed E-state index contributed by atoms with van der Waals surface area (Å²) in [5, 5.41) is 5.80. The molecule has 1 aliphatic heterocycles. The average Bonchev–Trinajstić information content (AvgIpc) is 3.31. The van der Waals surface area contributed by atoms with Gasteiger partial charge in [0.25, 0.3) is 5.91 Å². The van der Waals surface area contributed by atoms with E-state index in [-0.39, 0.29) is 23.4 Å². The van der Waals surface area contributed by atoms with Gasteiger partial charge in [0.05, 0.1) is 30.0 Å². The third-order valence-electron chi connectivity index (χ3n) is 7.52. The first-order chi connectivity index (χ1) is 19.1. The number of carbonyl (C=O) groups is 2. The summed E-state index contributed by atoms with van der Waals surface area (Å²) in [5.41, 5.74) is 2.51. The van der Waals surface area contributed by atoms with Gasteiger partial charge in [-0.3, -0.25) is 4.79 Å². The predicted octanol–water partition coefficient (Wildman–Crippen LogP) is 2.70. The summed E-state index contributed by atoms with van der Waals surface area (Å²) in [6.07, 6.45) is 8.06. The lowest BCUT2D eigenvalue weighted by molar-refractivity contribution is 0.0872. The third-order valence-corrected chi connectivity index (χ3v) is 8.78. The number of sulfonamides is 1. The molecule has 1 saturated carbocycles. The second kappa shape index (κ2) is 11.0. The molecule has 5 rings (SSSR count). The molecule has 3 aromatic heterocycles. The van der Waals surface area contributed by atoms with Gasteiger partial charge in [-0.15, -0.1) is 0 Å². The van der Waals surface area contributed by atoms with E-state index in [9.17, 15) is 18.0 Å². The minimum Gasteiger partial charge on any atom is -0.453 e. The van der Waals surface area contributed by atoms with Crippen LogP contribution in [0.25, 0.3) is 22.2 Å². The zero-order valence-electron chi connectivity index (χ0n) is 23.1. The lowest BCUT2D eigenvalue weighted by atomic mass is 9.92. The number of aromatic nitrogens is 5. The van der Waals surface area contributed by atoms with Crippen LogP contribution in [0.15, 0.2) is 18.5 Å². The summed E-state index contributed by atoms with van der Waals surface area (Å²) in [7, 11) is 1.23. The zero-order chi connectivity index (χ0) is 28.6. The molecule has 13 nitrogen and oxygen atoms in total. The van der Waals surface area contributed by atoms with E-state index in [0.29, 0.717) is 35.8 Å². The maximum atomic E-state index is 13.2. The Morgan fingerprint density at radius 3 is 2.40 bits per heavy atom. The normalized spacial score (nSPS) is 16.6. The molecule has 0 aromatic carbocycles. The minimum atomic E-state index is -3.80. The van der Waals surface area contributed by atoms with E-state index in [0.717, 1.165) is 43.2 Å². The largest absolute Gasteiger partial charge is 0.453 e. The highest BCUT2D eigenvalue weighted by Gasteiger charge is 2.37. The van der Waals surface area contributed by atoms with Crippen molar-refractivity contribution in [3.63, 3.8) is 0 Å². The molecule has 0 unspecified atom stereocenters. The van der Waals surface area contributed by atoms with Crippen molar-refractivity contribution in [1.82, 2.24) is 34.4 Å². The molecule has 1 aliphatic carbocycles. The standard InChI is InChI=1S/C26H34N8O5S/c1-5-40(37,38)31-24(35)20-11-19(16-12-27-25(28-13-16)32(2)3)21-22(17-14-33(15-17)26(36)39-4)30-34(23(21)29-20)18-9-7-6-8-10-18/h11-13,17-18H,5-10,14-15H2,1-4H3,(H,31,35). The van der Waals surface area contributed by atoms with Gasteiger partial charge < -0.3 is 14.5 Å². The maximum absolute atomic E-state index is 13.2. The van der Waals surface area contributed by atoms with Gasteiger partial charge >= 0.3 is 6.09 Å². The molecular weight excluding hydrogens is 536 g/mol. The summed E-state index contributed by atoms with van der Waals surface area (Å²) in [4.78, 5) is 42.2. The Kier molecular flexibility index (Phi) is 7.62. The van der Waals surface area contributed by atoms with E-state index >= 15 is 0 Å². The van der Waals surface area contributed by atoms with Crippen molar-refractivity contribution in [3.8, 4) is 11.1 Å². The number of fused-ring (bicyclic) bond motifs is 1. The van der Waals surface area contributed by atoms with E-state index in [1.54, 1.807) is 28.3 Å². The van der Waals surface area contributed by atoms with E-state index in [1.807, 2.05) is 18.8 Å². The van der Waals surface area contributed by atoms with Crippen LogP contribution in [0.3, 0.4) is 0 Å². The Morgan fingerprint density at radius 2 is 1.80 bits per heavy atom. The van der Waals surface area contributed by atoms with E-state index in [1.165, 1.54) is 14.0 Å². The molecule has 0 spiro atoms. The Balaban J connectivity index is 1.70. The number of carbonyl (C=O) groups excluding carboxylic acids is 2. The highest BCUT2D eigenvalue weighted by atomic mass is 32.2. The molecule has 0 atom stereocenters. The Labute approximate surface area is 233 Å². The number of pyridine rings is 1. The number of likely N-dealkylation sites (tertiary alicyclic amines) is 1. The van der Waals surface area contributed by atoms with Crippen LogP contribution >= 0.6 is 0 Å². The first kappa shape index (κ1) is 27.7. The van der Waals surface area contributed by atoms with E-state index < -0.39 is 22.0 Å². The average molecular weight is 571 g/mol. The molecule has 14 heteroatoms. The predicted molar refractivity (Wildman–Crippen MR) is 149 cm³/mol. The lowest BCUT2D eigenvalue weighted by Gasteiger charge is -2.37. The Hall–Kier alpha value is -3.81. The van der Waals surface area contributed by atoms with Crippen molar-refractivity contribution in [1.29, 1.82) is 0 Å². The lowest BCUT2D eigenvalue weighted by Crippen LogP contribution is -2.48. The maximum Gasteiger partial charge on any atom is 0.409 e. The molecular formula is C26H34N8O5S. The number of hydrogen-bond donors (Lipinski definition) is 1.